The van der Waals surface area contributed by atoms with Gasteiger partial charge in [0, 0.05) is 0 Å². The lowest BCUT2D eigenvalue weighted by Gasteiger charge is -2.17. The van der Waals surface area contributed by atoms with Crippen molar-refractivity contribution in [2.45, 2.75) is 30.7 Å². The van der Waals surface area contributed by atoms with Crippen LogP contribution in [0, 0.1) is 0 Å². The predicted molar refractivity (Wildman–Crippen MR) is 48.3 cm³/mol. The van der Waals surface area contributed by atoms with E-state index < -0.39 is 4.32 Å². The van der Waals surface area contributed by atoms with E-state index in [1.165, 1.54) is 0 Å². The van der Waals surface area contributed by atoms with Crippen LogP contribution >= 0.6 is 15.9 Å². The van der Waals surface area contributed by atoms with Crippen LogP contribution in [0.1, 0.15) is 20.3 Å². The highest BCUT2D eigenvalue weighted by molar-refractivity contribution is 9.10. The molecule has 0 N–H and O–H groups in total. The van der Waals surface area contributed by atoms with Gasteiger partial charge in [-0.2, -0.15) is 0 Å². The molecule has 0 amide bonds. The zero-order valence-electron chi connectivity index (χ0n) is 7.30. The minimum atomic E-state index is -0.540. The Kier molecular flexibility index (Phi) is 3.12. The van der Waals surface area contributed by atoms with Crippen LogP contribution < -0.4 is 0 Å². The Morgan fingerprint density at radius 3 is 2.83 bits per heavy atom. The third-order valence-electron chi connectivity index (χ3n) is 1.89. The first kappa shape index (κ1) is 9.99. The van der Waals surface area contributed by atoms with Crippen molar-refractivity contribution >= 4 is 21.9 Å². The largest absolute Gasteiger partial charge is 0.462 e. The first-order valence-corrected chi connectivity index (χ1v) is 4.83. The molecular weight excluding hydrogens is 224 g/mol. The highest BCUT2D eigenvalue weighted by Gasteiger charge is 2.32. The predicted octanol–water partition coefficient (Wildman–Crippen LogP) is 1.49. The molecule has 0 aromatic rings. The first-order valence-electron chi connectivity index (χ1n) is 4.04. The van der Waals surface area contributed by atoms with Crippen molar-refractivity contribution in [2.24, 2.45) is 0 Å². The van der Waals surface area contributed by atoms with Crippen molar-refractivity contribution in [1.29, 1.82) is 0 Å². The maximum Gasteiger partial charge on any atom is 0.322 e. The molecule has 1 fully saturated rings. The molecule has 70 valence electrons. The summed E-state index contributed by atoms with van der Waals surface area (Å²) in [6.45, 7) is 4.85. The van der Waals surface area contributed by atoms with Crippen molar-refractivity contribution < 1.29 is 14.3 Å². The highest BCUT2D eigenvalue weighted by atomic mass is 79.9. The van der Waals surface area contributed by atoms with Crippen molar-refractivity contribution in [3.8, 4) is 0 Å². The molecule has 3 nitrogen and oxygen atoms in total. The maximum atomic E-state index is 11.3. The normalized spacial score (nSPS) is 26.1. The van der Waals surface area contributed by atoms with Crippen LogP contribution in [0.15, 0.2) is 0 Å². The Morgan fingerprint density at radius 1 is 1.83 bits per heavy atom. The summed E-state index contributed by atoms with van der Waals surface area (Å²) in [4.78, 5) is 11.3. The molecule has 1 aliphatic rings. The smallest absolute Gasteiger partial charge is 0.322 e. The summed E-state index contributed by atoms with van der Waals surface area (Å²) in [5.74, 6) is -0.208. The summed E-state index contributed by atoms with van der Waals surface area (Å²) in [6.07, 6.45) is 0.867. The Hall–Kier alpha value is -0.0900. The minimum Gasteiger partial charge on any atom is -0.462 e. The summed E-state index contributed by atoms with van der Waals surface area (Å²) in [5, 5.41) is 0. The van der Waals surface area contributed by atoms with E-state index in [0.29, 0.717) is 6.61 Å². The molecule has 0 bridgehead atoms. The molecule has 2 atom stereocenters. The quantitative estimate of drug-likeness (QED) is 0.422. The van der Waals surface area contributed by atoms with Crippen LogP contribution in [0.3, 0.4) is 0 Å². The summed E-state index contributed by atoms with van der Waals surface area (Å²) >= 11 is 3.30. The average molecular weight is 237 g/mol. The number of hydrogen-bond donors (Lipinski definition) is 0. The van der Waals surface area contributed by atoms with E-state index in [9.17, 15) is 4.79 Å². The third-order valence-corrected chi connectivity index (χ3v) is 2.78. The van der Waals surface area contributed by atoms with Crippen molar-refractivity contribution in [3.05, 3.63) is 0 Å². The summed E-state index contributed by atoms with van der Waals surface area (Å²) in [6, 6.07) is 0. The molecule has 0 saturated carbocycles. The second kappa shape index (κ2) is 3.75. The molecule has 1 rings (SSSR count). The van der Waals surface area contributed by atoms with Gasteiger partial charge in [0.2, 0.25) is 0 Å². The van der Waals surface area contributed by atoms with Crippen LogP contribution in [-0.2, 0) is 14.3 Å². The molecular formula is C8H13BrO3. The third kappa shape index (κ3) is 2.75. The number of esters is 1. The van der Waals surface area contributed by atoms with Crippen molar-refractivity contribution in [2.75, 3.05) is 13.2 Å². The Bertz CT molecular complexity index is 175. The number of hydrogen-bond acceptors (Lipinski definition) is 3. The second-order valence-corrected chi connectivity index (χ2v) is 4.86. The fraction of sp³-hybridized carbons (Fsp3) is 0.875. The van der Waals surface area contributed by atoms with Gasteiger partial charge in [-0.3, -0.25) is 4.79 Å². The van der Waals surface area contributed by atoms with Gasteiger partial charge in [0.05, 0.1) is 6.61 Å². The fourth-order valence-electron chi connectivity index (χ4n) is 0.628. The summed E-state index contributed by atoms with van der Waals surface area (Å²) in [5.41, 5.74) is 0. The SMILES string of the molecule is CCC(C)(Br)C(=O)OCC1CO1. The molecule has 1 aliphatic heterocycles. The minimum absolute atomic E-state index is 0.147. The van der Waals surface area contributed by atoms with E-state index in [-0.39, 0.29) is 12.1 Å². The number of rotatable bonds is 4. The van der Waals surface area contributed by atoms with Gasteiger partial charge in [0.25, 0.3) is 0 Å². The van der Waals surface area contributed by atoms with Gasteiger partial charge in [-0.05, 0) is 13.3 Å². The van der Waals surface area contributed by atoms with E-state index in [1.807, 2.05) is 13.8 Å². The molecule has 12 heavy (non-hydrogen) atoms. The van der Waals surface area contributed by atoms with E-state index in [2.05, 4.69) is 15.9 Å². The number of ether oxygens (including phenoxy) is 2. The van der Waals surface area contributed by atoms with Crippen molar-refractivity contribution in [1.82, 2.24) is 0 Å². The standard InChI is InChI=1S/C8H13BrO3/c1-3-8(2,9)7(10)12-5-6-4-11-6/h6H,3-5H2,1-2H3. The zero-order valence-corrected chi connectivity index (χ0v) is 8.89. The van der Waals surface area contributed by atoms with Crippen LogP contribution in [0.5, 0.6) is 0 Å². The Balaban J connectivity index is 2.25. The molecule has 4 heteroatoms. The van der Waals surface area contributed by atoms with Crippen molar-refractivity contribution in [3.63, 3.8) is 0 Å². The first-order chi connectivity index (χ1) is 5.56. The van der Waals surface area contributed by atoms with Crippen LogP contribution in [0.4, 0.5) is 0 Å². The Morgan fingerprint density at radius 2 is 2.42 bits per heavy atom. The number of halogens is 1. The topological polar surface area (TPSA) is 38.8 Å². The average Bonchev–Trinajstić information content (AvgIpc) is 2.83. The van der Waals surface area contributed by atoms with Gasteiger partial charge in [-0.1, -0.05) is 22.9 Å². The number of carbonyl (C=O) groups excluding carboxylic acids is 1. The number of epoxide rings is 1. The lowest BCUT2D eigenvalue weighted by Crippen LogP contribution is -2.30. The van der Waals surface area contributed by atoms with E-state index in [4.69, 9.17) is 9.47 Å². The molecule has 1 heterocycles. The monoisotopic (exact) mass is 236 g/mol. The van der Waals surface area contributed by atoms with E-state index in [1.54, 1.807) is 0 Å². The fourth-order valence-corrected chi connectivity index (χ4v) is 0.742. The zero-order chi connectivity index (χ0) is 9.19. The van der Waals surface area contributed by atoms with Crippen LogP contribution in [0.2, 0.25) is 0 Å². The molecule has 0 radical (unpaired) electrons. The maximum absolute atomic E-state index is 11.3. The van der Waals surface area contributed by atoms with Crippen LogP contribution in [-0.4, -0.2) is 29.6 Å². The molecule has 0 aromatic carbocycles. The Labute approximate surface area is 80.5 Å². The van der Waals surface area contributed by atoms with E-state index >= 15 is 0 Å². The molecule has 0 spiro atoms. The lowest BCUT2D eigenvalue weighted by atomic mass is 10.1. The summed E-state index contributed by atoms with van der Waals surface area (Å²) < 4.78 is 9.38. The lowest BCUT2D eigenvalue weighted by molar-refractivity contribution is -0.146. The molecule has 0 aromatic heterocycles. The van der Waals surface area contributed by atoms with Gasteiger partial charge in [0.15, 0.2) is 0 Å². The van der Waals surface area contributed by atoms with Gasteiger partial charge in [-0.25, -0.2) is 0 Å². The second-order valence-electron chi connectivity index (χ2n) is 3.10. The van der Waals surface area contributed by atoms with Crippen LogP contribution in [0.25, 0.3) is 0 Å². The number of carbonyl (C=O) groups is 1. The number of alkyl halides is 1. The van der Waals surface area contributed by atoms with Gasteiger partial charge in [0.1, 0.15) is 17.0 Å². The van der Waals surface area contributed by atoms with Gasteiger partial charge >= 0.3 is 5.97 Å². The molecule has 0 aliphatic carbocycles. The van der Waals surface area contributed by atoms with Gasteiger partial charge < -0.3 is 9.47 Å². The molecule has 2 unspecified atom stereocenters. The van der Waals surface area contributed by atoms with Gasteiger partial charge in [-0.15, -0.1) is 0 Å². The highest BCUT2D eigenvalue weighted by Crippen LogP contribution is 2.23. The summed E-state index contributed by atoms with van der Waals surface area (Å²) in [7, 11) is 0. The molecule has 1 saturated heterocycles. The van der Waals surface area contributed by atoms with E-state index in [0.717, 1.165) is 13.0 Å².